The molecule has 1 atom stereocenters. The summed E-state index contributed by atoms with van der Waals surface area (Å²) in [5, 5.41) is 12.9. The Morgan fingerprint density at radius 1 is 1.18 bits per heavy atom. The summed E-state index contributed by atoms with van der Waals surface area (Å²) in [5.74, 6) is -0.276. The Labute approximate surface area is 160 Å². The van der Waals surface area contributed by atoms with Gasteiger partial charge in [0, 0.05) is 35.8 Å². The van der Waals surface area contributed by atoms with E-state index in [0.29, 0.717) is 18.7 Å². The number of carbonyl (C=O) groups excluding carboxylic acids is 1. The van der Waals surface area contributed by atoms with Crippen LogP contribution in [0.2, 0.25) is 0 Å². The van der Waals surface area contributed by atoms with Gasteiger partial charge < -0.3 is 24.5 Å². The molecule has 1 aliphatic rings. The lowest BCUT2D eigenvalue weighted by Gasteiger charge is -2.21. The van der Waals surface area contributed by atoms with Crippen molar-refractivity contribution in [1.82, 2.24) is 15.2 Å². The molecule has 4 rings (SSSR count). The number of furan rings is 1. The second-order valence-electron chi connectivity index (χ2n) is 6.54. The SMILES string of the molecule is O=C(NC1COCCN(C(=O)O)C1)c1ccc(-c2nccc3occc23)cc1. The van der Waals surface area contributed by atoms with Gasteiger partial charge in [0.15, 0.2) is 0 Å². The van der Waals surface area contributed by atoms with Crippen LogP contribution in [0.15, 0.2) is 53.3 Å². The third-order valence-electron chi connectivity index (χ3n) is 4.67. The van der Waals surface area contributed by atoms with Crippen LogP contribution in [0.1, 0.15) is 10.4 Å². The van der Waals surface area contributed by atoms with Crippen molar-refractivity contribution in [1.29, 1.82) is 0 Å². The van der Waals surface area contributed by atoms with Gasteiger partial charge in [-0.15, -0.1) is 0 Å². The van der Waals surface area contributed by atoms with E-state index < -0.39 is 12.1 Å². The van der Waals surface area contributed by atoms with Crippen molar-refractivity contribution >= 4 is 23.0 Å². The first-order valence-electron chi connectivity index (χ1n) is 8.91. The van der Waals surface area contributed by atoms with E-state index in [1.165, 1.54) is 4.90 Å². The smallest absolute Gasteiger partial charge is 0.407 e. The fourth-order valence-corrected chi connectivity index (χ4v) is 3.24. The Balaban J connectivity index is 1.48. The first kappa shape index (κ1) is 18.0. The number of hydrogen-bond acceptors (Lipinski definition) is 5. The highest BCUT2D eigenvalue weighted by Crippen LogP contribution is 2.27. The molecule has 0 saturated carbocycles. The van der Waals surface area contributed by atoms with E-state index in [9.17, 15) is 14.7 Å². The van der Waals surface area contributed by atoms with E-state index >= 15 is 0 Å². The van der Waals surface area contributed by atoms with E-state index in [1.54, 1.807) is 30.7 Å². The summed E-state index contributed by atoms with van der Waals surface area (Å²) in [4.78, 5) is 29.4. The zero-order chi connectivity index (χ0) is 19.5. The third-order valence-corrected chi connectivity index (χ3v) is 4.67. The predicted octanol–water partition coefficient (Wildman–Crippen LogP) is 2.60. The van der Waals surface area contributed by atoms with E-state index in [2.05, 4.69) is 10.3 Å². The average Bonchev–Trinajstić information content (AvgIpc) is 3.06. The Bertz CT molecular complexity index is 999. The summed E-state index contributed by atoms with van der Waals surface area (Å²) < 4.78 is 10.8. The Kier molecular flexibility index (Phi) is 4.94. The van der Waals surface area contributed by atoms with Crippen LogP contribution in [0.4, 0.5) is 4.79 Å². The van der Waals surface area contributed by atoms with Crippen LogP contribution >= 0.6 is 0 Å². The van der Waals surface area contributed by atoms with Gasteiger partial charge in [0.1, 0.15) is 5.58 Å². The summed E-state index contributed by atoms with van der Waals surface area (Å²) in [6.45, 7) is 1.09. The molecular weight excluding hydrogens is 362 g/mol. The second-order valence-corrected chi connectivity index (χ2v) is 6.54. The molecule has 1 fully saturated rings. The number of hydrogen-bond donors (Lipinski definition) is 2. The minimum atomic E-state index is -1.02. The largest absolute Gasteiger partial charge is 0.465 e. The van der Waals surface area contributed by atoms with E-state index in [1.807, 2.05) is 18.2 Å². The van der Waals surface area contributed by atoms with Crippen molar-refractivity contribution in [3.8, 4) is 11.3 Å². The van der Waals surface area contributed by atoms with Crippen molar-refractivity contribution in [3.63, 3.8) is 0 Å². The summed E-state index contributed by atoms with van der Waals surface area (Å²) >= 11 is 0. The molecule has 3 aromatic rings. The monoisotopic (exact) mass is 381 g/mol. The fourth-order valence-electron chi connectivity index (χ4n) is 3.24. The summed E-state index contributed by atoms with van der Waals surface area (Å²) in [6, 6.07) is 10.4. The number of benzene rings is 1. The molecule has 2 aromatic heterocycles. The number of rotatable bonds is 3. The molecular formula is C20H19N3O5. The van der Waals surface area contributed by atoms with Crippen molar-refractivity contribution in [2.45, 2.75) is 6.04 Å². The maximum absolute atomic E-state index is 12.6. The van der Waals surface area contributed by atoms with Crippen LogP contribution < -0.4 is 5.32 Å². The molecule has 1 aromatic carbocycles. The standard InChI is InChI=1S/C20H19N3O5/c24-19(22-15-11-23(20(25)26)8-10-27-12-15)14-3-1-13(2-4-14)18-16-6-9-28-17(16)5-7-21-18/h1-7,9,15H,8,10-12H2,(H,22,24)(H,25,26). The van der Waals surface area contributed by atoms with Gasteiger partial charge in [-0.1, -0.05) is 12.1 Å². The van der Waals surface area contributed by atoms with Crippen LogP contribution in [-0.4, -0.2) is 59.3 Å². The first-order valence-corrected chi connectivity index (χ1v) is 8.91. The molecule has 8 heteroatoms. The zero-order valence-electron chi connectivity index (χ0n) is 15.0. The highest BCUT2D eigenvalue weighted by molar-refractivity contribution is 5.96. The average molecular weight is 381 g/mol. The first-order chi connectivity index (χ1) is 13.6. The molecule has 0 spiro atoms. The van der Waals surface area contributed by atoms with Crippen molar-refractivity contribution in [2.24, 2.45) is 0 Å². The molecule has 3 heterocycles. The second kappa shape index (κ2) is 7.69. The lowest BCUT2D eigenvalue weighted by molar-refractivity contribution is 0.0882. The summed E-state index contributed by atoms with van der Waals surface area (Å²) in [6.07, 6.45) is 2.28. The quantitative estimate of drug-likeness (QED) is 0.723. The lowest BCUT2D eigenvalue weighted by Crippen LogP contribution is -2.46. The Morgan fingerprint density at radius 3 is 2.79 bits per heavy atom. The van der Waals surface area contributed by atoms with Gasteiger partial charge >= 0.3 is 6.09 Å². The number of nitrogens with zero attached hydrogens (tertiary/aromatic N) is 2. The van der Waals surface area contributed by atoms with Crippen LogP contribution in [-0.2, 0) is 4.74 Å². The minimum absolute atomic E-state index is 0.200. The van der Waals surface area contributed by atoms with Crippen molar-refractivity contribution < 1.29 is 23.8 Å². The topological polar surface area (TPSA) is 105 Å². The highest BCUT2D eigenvalue weighted by atomic mass is 16.5. The van der Waals surface area contributed by atoms with Gasteiger partial charge in [-0.3, -0.25) is 9.78 Å². The van der Waals surface area contributed by atoms with E-state index in [0.717, 1.165) is 22.2 Å². The molecule has 144 valence electrons. The molecule has 28 heavy (non-hydrogen) atoms. The van der Waals surface area contributed by atoms with Gasteiger partial charge in [-0.05, 0) is 24.3 Å². The number of aromatic nitrogens is 1. The van der Waals surface area contributed by atoms with Crippen molar-refractivity contribution in [3.05, 3.63) is 54.4 Å². The molecule has 1 aliphatic heterocycles. The van der Waals surface area contributed by atoms with Gasteiger partial charge in [-0.2, -0.15) is 0 Å². The number of pyridine rings is 1. The predicted molar refractivity (Wildman–Crippen MR) is 101 cm³/mol. The molecule has 1 unspecified atom stereocenters. The summed E-state index contributed by atoms with van der Waals surface area (Å²) in [5.41, 5.74) is 2.89. The summed E-state index contributed by atoms with van der Waals surface area (Å²) in [7, 11) is 0. The van der Waals surface area contributed by atoms with Crippen LogP contribution in [0.25, 0.3) is 22.2 Å². The van der Waals surface area contributed by atoms with Crippen LogP contribution in [0.3, 0.4) is 0 Å². The van der Waals surface area contributed by atoms with E-state index in [4.69, 9.17) is 9.15 Å². The number of amides is 2. The third kappa shape index (κ3) is 3.67. The lowest BCUT2D eigenvalue weighted by atomic mass is 10.1. The van der Waals surface area contributed by atoms with Gasteiger partial charge in [0.25, 0.3) is 5.91 Å². The van der Waals surface area contributed by atoms with E-state index in [-0.39, 0.29) is 19.1 Å². The normalized spacial score (nSPS) is 17.3. The number of fused-ring (bicyclic) bond motifs is 1. The zero-order valence-corrected chi connectivity index (χ0v) is 15.0. The number of carbonyl (C=O) groups is 2. The number of ether oxygens (including phenoxy) is 1. The van der Waals surface area contributed by atoms with Gasteiger partial charge in [0.05, 0.1) is 31.2 Å². The number of nitrogens with one attached hydrogen (secondary N) is 1. The highest BCUT2D eigenvalue weighted by Gasteiger charge is 2.23. The molecule has 8 nitrogen and oxygen atoms in total. The maximum Gasteiger partial charge on any atom is 0.407 e. The molecule has 0 aliphatic carbocycles. The molecule has 2 N–H and O–H groups in total. The van der Waals surface area contributed by atoms with Crippen LogP contribution in [0.5, 0.6) is 0 Å². The maximum atomic E-state index is 12.6. The molecule has 0 bridgehead atoms. The molecule has 2 amide bonds. The van der Waals surface area contributed by atoms with Crippen molar-refractivity contribution in [2.75, 3.05) is 26.3 Å². The molecule has 0 radical (unpaired) electrons. The minimum Gasteiger partial charge on any atom is -0.465 e. The van der Waals surface area contributed by atoms with Crippen LogP contribution in [0, 0.1) is 0 Å². The fraction of sp³-hybridized carbons (Fsp3) is 0.250. The Hall–Kier alpha value is -3.39. The van der Waals surface area contributed by atoms with Gasteiger partial charge in [0.2, 0.25) is 0 Å². The number of carboxylic acid groups (broad SMARTS) is 1. The Morgan fingerprint density at radius 2 is 2.00 bits per heavy atom. The molecule has 1 saturated heterocycles. The van der Waals surface area contributed by atoms with Gasteiger partial charge in [-0.25, -0.2) is 4.79 Å².